The van der Waals surface area contributed by atoms with E-state index in [1.54, 1.807) is 23.1 Å². The number of carbonyl (C=O) groups excluding carboxylic acids is 1. The van der Waals surface area contributed by atoms with Crippen LogP contribution in [0.3, 0.4) is 0 Å². The predicted molar refractivity (Wildman–Crippen MR) is 125 cm³/mol. The number of anilines is 1. The van der Waals surface area contributed by atoms with E-state index in [4.69, 9.17) is 9.47 Å². The molecule has 2 N–H and O–H groups in total. The number of ether oxygens (including phenoxy) is 2. The summed E-state index contributed by atoms with van der Waals surface area (Å²) in [6.07, 6.45) is 0. The first-order chi connectivity index (χ1) is 16.1. The number of carbonyl (C=O) groups is 1. The Bertz CT molecular complexity index is 1300. The summed E-state index contributed by atoms with van der Waals surface area (Å²) in [7, 11) is 1.50. The summed E-state index contributed by atoms with van der Waals surface area (Å²) in [5.74, 6) is 0.931. The van der Waals surface area contributed by atoms with Gasteiger partial charge in [-0.2, -0.15) is 5.10 Å². The molecule has 1 aromatic heterocycles. The average Bonchev–Trinajstić information content (AvgIpc) is 3.40. The van der Waals surface area contributed by atoms with E-state index < -0.39 is 6.04 Å². The second-order valence-electron chi connectivity index (χ2n) is 7.66. The van der Waals surface area contributed by atoms with Gasteiger partial charge < -0.3 is 14.6 Å². The van der Waals surface area contributed by atoms with Crippen LogP contribution in [0.1, 0.15) is 34.6 Å². The van der Waals surface area contributed by atoms with Crippen LogP contribution in [0.4, 0.5) is 5.69 Å². The van der Waals surface area contributed by atoms with Gasteiger partial charge in [0.2, 0.25) is 0 Å². The minimum absolute atomic E-state index is 0.0360. The lowest BCUT2D eigenvalue weighted by Crippen LogP contribution is -2.29. The summed E-state index contributed by atoms with van der Waals surface area (Å²) < 4.78 is 10.9. The molecule has 3 aromatic carbocycles. The number of aromatic amines is 1. The van der Waals surface area contributed by atoms with Gasteiger partial charge in [0.15, 0.2) is 11.5 Å². The summed E-state index contributed by atoms with van der Waals surface area (Å²) >= 11 is 0. The lowest BCUT2D eigenvalue weighted by molar-refractivity contribution is 0.0988. The molecule has 166 valence electrons. The molecule has 1 atom stereocenters. The summed E-state index contributed by atoms with van der Waals surface area (Å²) in [4.78, 5) is 15.3. The maximum atomic E-state index is 13.6. The Morgan fingerprint density at radius 3 is 2.52 bits per heavy atom. The Morgan fingerprint density at radius 1 is 1.06 bits per heavy atom. The Labute approximate surface area is 191 Å². The molecule has 1 aliphatic rings. The molecule has 0 saturated heterocycles. The molecule has 7 nitrogen and oxygen atoms in total. The fourth-order valence-corrected chi connectivity index (χ4v) is 4.28. The van der Waals surface area contributed by atoms with Crippen molar-refractivity contribution < 1.29 is 19.4 Å². The van der Waals surface area contributed by atoms with E-state index in [-0.39, 0.29) is 11.7 Å². The smallest absolute Gasteiger partial charge is 0.277 e. The van der Waals surface area contributed by atoms with Crippen LogP contribution in [0.25, 0.3) is 11.3 Å². The lowest BCUT2D eigenvalue weighted by Gasteiger charge is -2.27. The first-order valence-electron chi connectivity index (χ1n) is 10.7. The number of methoxy groups -OCH3 is 1. The number of aromatic hydroxyl groups is 1. The highest BCUT2D eigenvalue weighted by atomic mass is 16.5. The Hall–Kier alpha value is -4.26. The first-order valence-corrected chi connectivity index (χ1v) is 10.7. The monoisotopic (exact) mass is 441 g/mol. The van der Waals surface area contributed by atoms with Gasteiger partial charge in [0.05, 0.1) is 25.5 Å². The number of hydrogen-bond acceptors (Lipinski definition) is 5. The number of phenolic OH excluding ortho intramolecular Hbond substituents is 1. The quantitative estimate of drug-likeness (QED) is 0.443. The van der Waals surface area contributed by atoms with Gasteiger partial charge in [-0.15, -0.1) is 0 Å². The van der Waals surface area contributed by atoms with Crippen LogP contribution in [0.2, 0.25) is 0 Å². The van der Waals surface area contributed by atoms with Crippen molar-refractivity contribution in [2.45, 2.75) is 13.0 Å². The maximum absolute atomic E-state index is 13.6. The third-order valence-electron chi connectivity index (χ3n) is 5.76. The molecular formula is C26H23N3O4. The van der Waals surface area contributed by atoms with Crippen LogP contribution in [0, 0.1) is 0 Å². The molecule has 0 saturated carbocycles. The zero-order valence-electron chi connectivity index (χ0n) is 18.3. The van der Waals surface area contributed by atoms with Gasteiger partial charge in [-0.3, -0.25) is 14.8 Å². The summed E-state index contributed by atoms with van der Waals surface area (Å²) in [6, 6.07) is 21.9. The van der Waals surface area contributed by atoms with Gasteiger partial charge in [-0.05, 0) is 48.9 Å². The Balaban J connectivity index is 1.69. The molecule has 0 unspecified atom stereocenters. The SMILES string of the molecule is CCOc1ccc(N2C(=O)c3[nH]nc(-c4ccccc4)c3[C@H]2c2ccc(O)c(OC)c2)cc1. The van der Waals surface area contributed by atoms with E-state index in [1.165, 1.54) is 7.11 Å². The molecule has 0 fully saturated rings. The van der Waals surface area contributed by atoms with Crippen molar-refractivity contribution in [1.29, 1.82) is 0 Å². The first kappa shape index (κ1) is 20.6. The third kappa shape index (κ3) is 3.47. The fourth-order valence-electron chi connectivity index (χ4n) is 4.28. The van der Waals surface area contributed by atoms with Gasteiger partial charge >= 0.3 is 0 Å². The van der Waals surface area contributed by atoms with Gasteiger partial charge in [-0.1, -0.05) is 36.4 Å². The number of aromatic nitrogens is 2. The molecule has 4 aromatic rings. The molecule has 2 heterocycles. The fraction of sp³-hybridized carbons (Fsp3) is 0.154. The Morgan fingerprint density at radius 2 is 1.82 bits per heavy atom. The van der Waals surface area contributed by atoms with Crippen molar-refractivity contribution in [2.24, 2.45) is 0 Å². The molecule has 7 heteroatoms. The number of nitrogens with one attached hydrogen (secondary N) is 1. The van der Waals surface area contributed by atoms with E-state index in [9.17, 15) is 9.90 Å². The van der Waals surface area contributed by atoms with Crippen molar-refractivity contribution in [3.63, 3.8) is 0 Å². The predicted octanol–water partition coefficient (Wildman–Crippen LogP) is 4.94. The number of amides is 1. The van der Waals surface area contributed by atoms with Gasteiger partial charge in [0.1, 0.15) is 11.4 Å². The standard InChI is InChI=1S/C26H23N3O4/c1-3-33-19-12-10-18(11-13-19)29-25(17-9-14-20(30)21(15-17)32-2)22-23(16-7-5-4-6-8-16)27-28-24(22)26(29)31/h4-15,25,30H,3H2,1-2H3,(H,27,28)/t25-/m1/s1. The molecule has 0 aliphatic carbocycles. The molecule has 33 heavy (non-hydrogen) atoms. The van der Waals surface area contributed by atoms with E-state index in [0.29, 0.717) is 23.7 Å². The number of nitrogens with zero attached hydrogens (tertiary/aromatic N) is 2. The van der Waals surface area contributed by atoms with E-state index in [2.05, 4.69) is 10.2 Å². The van der Waals surface area contributed by atoms with Crippen LogP contribution >= 0.6 is 0 Å². The van der Waals surface area contributed by atoms with Gasteiger partial charge in [0, 0.05) is 16.8 Å². The molecule has 0 spiro atoms. The lowest BCUT2D eigenvalue weighted by atomic mass is 9.95. The van der Waals surface area contributed by atoms with Gasteiger partial charge in [0.25, 0.3) is 5.91 Å². The zero-order chi connectivity index (χ0) is 22.9. The molecule has 1 aliphatic heterocycles. The molecule has 1 amide bonds. The highest BCUT2D eigenvalue weighted by molar-refractivity contribution is 6.11. The van der Waals surface area contributed by atoms with Crippen molar-refractivity contribution in [3.8, 4) is 28.5 Å². The normalized spacial score (nSPS) is 14.9. The van der Waals surface area contributed by atoms with Gasteiger partial charge in [-0.25, -0.2) is 0 Å². The van der Waals surface area contributed by atoms with Crippen LogP contribution in [-0.4, -0.2) is 34.9 Å². The number of fused-ring (bicyclic) bond motifs is 1. The summed E-state index contributed by atoms with van der Waals surface area (Å²) in [5, 5.41) is 17.6. The van der Waals surface area contributed by atoms with Crippen LogP contribution in [0.5, 0.6) is 17.2 Å². The van der Waals surface area contributed by atoms with E-state index >= 15 is 0 Å². The van der Waals surface area contributed by atoms with Crippen molar-refractivity contribution >= 4 is 11.6 Å². The number of phenols is 1. The number of hydrogen-bond donors (Lipinski definition) is 2. The number of benzene rings is 3. The molecule has 0 radical (unpaired) electrons. The largest absolute Gasteiger partial charge is 0.504 e. The van der Waals surface area contributed by atoms with Crippen LogP contribution in [0.15, 0.2) is 72.8 Å². The average molecular weight is 441 g/mol. The van der Waals surface area contributed by atoms with Crippen molar-refractivity contribution in [2.75, 3.05) is 18.6 Å². The van der Waals surface area contributed by atoms with E-state index in [1.807, 2.05) is 61.5 Å². The van der Waals surface area contributed by atoms with Crippen molar-refractivity contribution in [3.05, 3.63) is 89.6 Å². The second-order valence-corrected chi connectivity index (χ2v) is 7.66. The second kappa shape index (κ2) is 8.35. The molecular weight excluding hydrogens is 418 g/mol. The van der Waals surface area contributed by atoms with E-state index in [0.717, 1.165) is 28.1 Å². The van der Waals surface area contributed by atoms with Crippen LogP contribution < -0.4 is 14.4 Å². The maximum Gasteiger partial charge on any atom is 0.277 e. The minimum Gasteiger partial charge on any atom is -0.504 e. The number of rotatable bonds is 6. The summed E-state index contributed by atoms with van der Waals surface area (Å²) in [6.45, 7) is 2.49. The summed E-state index contributed by atoms with van der Waals surface area (Å²) in [5.41, 5.74) is 4.37. The molecule has 5 rings (SSSR count). The highest BCUT2D eigenvalue weighted by Gasteiger charge is 2.43. The van der Waals surface area contributed by atoms with Crippen molar-refractivity contribution in [1.82, 2.24) is 10.2 Å². The number of H-pyrrole nitrogens is 1. The minimum atomic E-state index is -0.464. The third-order valence-corrected chi connectivity index (χ3v) is 5.76. The zero-order valence-corrected chi connectivity index (χ0v) is 18.3. The van der Waals surface area contributed by atoms with Crippen LogP contribution in [-0.2, 0) is 0 Å². The Kier molecular flexibility index (Phi) is 5.22. The topological polar surface area (TPSA) is 87.7 Å². The molecule has 0 bridgehead atoms. The highest BCUT2D eigenvalue weighted by Crippen LogP contribution is 2.46.